The Kier molecular flexibility index (Phi) is 7.42. The number of amides is 1. The maximum atomic E-state index is 13.1. The Morgan fingerprint density at radius 2 is 1.83 bits per heavy atom. The first-order valence-corrected chi connectivity index (χ1v) is 10.1. The highest BCUT2D eigenvalue weighted by Crippen LogP contribution is 2.32. The molecule has 30 heavy (non-hydrogen) atoms. The molecular weight excluding hydrogens is 428 g/mol. The summed E-state index contributed by atoms with van der Waals surface area (Å²) in [5.74, 6) is -0.271. The number of rotatable bonds is 8. The second kappa shape index (κ2) is 9.84. The molecule has 1 amide bonds. The first-order chi connectivity index (χ1) is 14.3. The van der Waals surface area contributed by atoms with E-state index in [2.05, 4.69) is 10.1 Å². The van der Waals surface area contributed by atoms with Gasteiger partial charge in [-0.05, 0) is 18.9 Å². The molecule has 0 aliphatic carbocycles. The molecule has 2 aromatic rings. The van der Waals surface area contributed by atoms with Crippen molar-refractivity contribution in [3.8, 4) is 0 Å². The van der Waals surface area contributed by atoms with Crippen molar-refractivity contribution in [2.45, 2.75) is 44.4 Å². The average molecular weight is 450 g/mol. The van der Waals surface area contributed by atoms with Crippen LogP contribution in [0.4, 0.5) is 17.6 Å². The van der Waals surface area contributed by atoms with Gasteiger partial charge in [-0.3, -0.25) is 9.48 Å². The van der Waals surface area contributed by atoms with Crippen molar-refractivity contribution < 1.29 is 31.8 Å². The van der Waals surface area contributed by atoms with Crippen LogP contribution >= 0.6 is 11.3 Å². The van der Waals surface area contributed by atoms with Gasteiger partial charge in [-0.15, -0.1) is 11.3 Å². The molecule has 1 saturated heterocycles. The van der Waals surface area contributed by atoms with E-state index in [9.17, 15) is 22.4 Å². The van der Waals surface area contributed by atoms with Crippen LogP contribution in [0.1, 0.15) is 60.0 Å². The predicted octanol–water partition coefficient (Wildman–Crippen LogP) is 3.91. The zero-order chi connectivity index (χ0) is 21.8. The van der Waals surface area contributed by atoms with Gasteiger partial charge in [0, 0.05) is 38.6 Å². The second-order valence-electron chi connectivity index (χ2n) is 6.82. The number of piperidine rings is 1. The molecule has 0 bridgehead atoms. The van der Waals surface area contributed by atoms with E-state index in [0.717, 1.165) is 5.01 Å². The van der Waals surface area contributed by atoms with Crippen LogP contribution in [-0.4, -0.2) is 52.9 Å². The number of carbonyl (C=O) groups is 1. The molecule has 7 nitrogen and oxygen atoms in total. The molecule has 3 heterocycles. The Bertz CT molecular complexity index is 848. The Labute approximate surface area is 174 Å². The van der Waals surface area contributed by atoms with Crippen LogP contribution in [0.15, 0.2) is 11.4 Å². The van der Waals surface area contributed by atoms with Gasteiger partial charge in [0.25, 0.3) is 12.9 Å². The molecule has 0 spiro atoms. The highest BCUT2D eigenvalue weighted by Gasteiger charge is 2.28. The Morgan fingerprint density at radius 1 is 1.17 bits per heavy atom. The molecule has 0 aromatic carbocycles. The number of nitrogens with zero attached hydrogens (tertiary/aromatic N) is 4. The maximum Gasteiger partial charge on any atom is 0.282 e. The fourth-order valence-electron chi connectivity index (χ4n) is 3.40. The monoisotopic (exact) mass is 450 g/mol. The Hall–Kier alpha value is -2.05. The lowest BCUT2D eigenvalue weighted by Gasteiger charge is -2.31. The molecule has 3 rings (SSSR count). The van der Waals surface area contributed by atoms with Gasteiger partial charge < -0.3 is 14.4 Å². The van der Waals surface area contributed by atoms with Crippen molar-refractivity contribution in [3.05, 3.63) is 33.5 Å². The van der Waals surface area contributed by atoms with Gasteiger partial charge in [0.15, 0.2) is 0 Å². The van der Waals surface area contributed by atoms with E-state index in [1.807, 2.05) is 5.38 Å². The molecule has 1 aliphatic heterocycles. The van der Waals surface area contributed by atoms with Crippen LogP contribution in [0.5, 0.6) is 0 Å². The topological polar surface area (TPSA) is 69.5 Å². The molecule has 0 N–H and O–H groups in total. The van der Waals surface area contributed by atoms with Crippen molar-refractivity contribution in [1.29, 1.82) is 0 Å². The summed E-state index contributed by atoms with van der Waals surface area (Å²) < 4.78 is 62.8. The fourth-order valence-corrected chi connectivity index (χ4v) is 4.39. The molecule has 166 valence electrons. The van der Waals surface area contributed by atoms with Crippen LogP contribution in [0.25, 0.3) is 0 Å². The number of ether oxygens (including phenoxy) is 2. The zero-order valence-electron chi connectivity index (χ0n) is 16.4. The fraction of sp³-hybridized carbons (Fsp3) is 0.611. The lowest BCUT2D eigenvalue weighted by molar-refractivity contribution is -0.133. The van der Waals surface area contributed by atoms with E-state index < -0.39 is 43.0 Å². The summed E-state index contributed by atoms with van der Waals surface area (Å²) in [6, 6.07) is 0.641. The van der Waals surface area contributed by atoms with Crippen LogP contribution < -0.4 is 0 Å². The first-order valence-electron chi connectivity index (χ1n) is 9.26. The van der Waals surface area contributed by atoms with Gasteiger partial charge in [-0.1, -0.05) is 0 Å². The van der Waals surface area contributed by atoms with Crippen molar-refractivity contribution in [1.82, 2.24) is 19.7 Å². The average Bonchev–Trinajstić information content (AvgIpc) is 3.37. The number of thiazole rings is 1. The standard InChI is InChI=1S/C18H22F4N4O3S/c1-28-18(29-2)12-9-30-17(23-12)10-3-5-25(6-4-10)14(27)8-26-13(16(21)22)7-11(24-26)15(19)20/h7,9-10,15-16,18H,3-6,8H2,1-2H3. The van der Waals surface area contributed by atoms with Gasteiger partial charge in [0.2, 0.25) is 12.2 Å². The summed E-state index contributed by atoms with van der Waals surface area (Å²) in [6.45, 7) is 0.342. The summed E-state index contributed by atoms with van der Waals surface area (Å²) in [4.78, 5) is 18.6. The van der Waals surface area contributed by atoms with Crippen LogP contribution in [0, 0.1) is 0 Å². The lowest BCUT2D eigenvalue weighted by Crippen LogP contribution is -2.40. The number of carbonyl (C=O) groups excluding carboxylic acids is 1. The molecular formula is C18H22F4N4O3S. The van der Waals surface area contributed by atoms with Gasteiger partial charge in [-0.2, -0.15) is 5.10 Å². The van der Waals surface area contributed by atoms with E-state index in [0.29, 0.717) is 42.4 Å². The summed E-state index contributed by atoms with van der Waals surface area (Å²) in [7, 11) is 3.06. The minimum absolute atomic E-state index is 0.161. The van der Waals surface area contributed by atoms with E-state index in [4.69, 9.17) is 9.47 Å². The van der Waals surface area contributed by atoms with Gasteiger partial charge >= 0.3 is 0 Å². The van der Waals surface area contributed by atoms with Crippen molar-refractivity contribution >= 4 is 17.2 Å². The second-order valence-corrected chi connectivity index (χ2v) is 7.71. The lowest BCUT2D eigenvalue weighted by atomic mass is 9.97. The maximum absolute atomic E-state index is 13.1. The third kappa shape index (κ3) is 4.98. The highest BCUT2D eigenvalue weighted by atomic mass is 32.1. The summed E-state index contributed by atoms with van der Waals surface area (Å²) >= 11 is 1.49. The van der Waals surface area contributed by atoms with Gasteiger partial charge in [0.1, 0.15) is 23.6 Å². The third-order valence-corrected chi connectivity index (χ3v) is 5.99. The Balaban J connectivity index is 1.60. The molecule has 2 aromatic heterocycles. The molecule has 0 radical (unpaired) electrons. The Morgan fingerprint density at radius 3 is 2.40 bits per heavy atom. The van der Waals surface area contributed by atoms with Crippen molar-refractivity contribution in [2.24, 2.45) is 0 Å². The number of halogens is 4. The highest BCUT2D eigenvalue weighted by molar-refractivity contribution is 7.09. The SMILES string of the molecule is COC(OC)c1csc(C2CCN(C(=O)Cn3nc(C(F)F)cc3C(F)F)CC2)n1. The molecule has 0 atom stereocenters. The van der Waals surface area contributed by atoms with E-state index >= 15 is 0 Å². The molecule has 0 unspecified atom stereocenters. The zero-order valence-corrected chi connectivity index (χ0v) is 17.2. The quantitative estimate of drug-likeness (QED) is 0.451. The van der Waals surface area contributed by atoms with Crippen LogP contribution in [-0.2, 0) is 20.8 Å². The smallest absolute Gasteiger partial charge is 0.282 e. The molecule has 1 aliphatic rings. The van der Waals surface area contributed by atoms with Crippen molar-refractivity contribution in [3.63, 3.8) is 0 Å². The normalized spacial score (nSPS) is 15.7. The van der Waals surface area contributed by atoms with Crippen LogP contribution in [0.2, 0.25) is 0 Å². The number of likely N-dealkylation sites (tertiary alicyclic amines) is 1. The van der Waals surface area contributed by atoms with Gasteiger partial charge in [0.05, 0.1) is 5.01 Å². The number of hydrogen-bond donors (Lipinski definition) is 0. The number of hydrogen-bond acceptors (Lipinski definition) is 6. The number of methoxy groups -OCH3 is 2. The van der Waals surface area contributed by atoms with Crippen molar-refractivity contribution in [2.75, 3.05) is 27.3 Å². The predicted molar refractivity (Wildman–Crippen MR) is 99.6 cm³/mol. The third-order valence-electron chi connectivity index (χ3n) is 4.97. The van der Waals surface area contributed by atoms with E-state index in [1.165, 1.54) is 30.5 Å². The minimum Gasteiger partial charge on any atom is -0.350 e. The number of aromatic nitrogens is 3. The van der Waals surface area contributed by atoms with E-state index in [1.54, 1.807) is 0 Å². The largest absolute Gasteiger partial charge is 0.350 e. The summed E-state index contributed by atoms with van der Waals surface area (Å²) in [5.41, 5.74) is -0.761. The minimum atomic E-state index is -2.99. The molecule has 12 heteroatoms. The molecule has 1 fully saturated rings. The van der Waals surface area contributed by atoms with Gasteiger partial charge in [-0.25, -0.2) is 22.5 Å². The molecule has 0 saturated carbocycles. The van der Waals surface area contributed by atoms with E-state index in [-0.39, 0.29) is 5.92 Å². The summed E-state index contributed by atoms with van der Waals surface area (Å²) in [5, 5.41) is 6.26. The van der Waals surface area contributed by atoms with Crippen LogP contribution in [0.3, 0.4) is 0 Å². The summed E-state index contributed by atoms with van der Waals surface area (Å²) in [6.07, 6.45) is -5.19. The number of alkyl halides is 4. The first kappa shape index (κ1) is 22.6.